The summed E-state index contributed by atoms with van der Waals surface area (Å²) in [7, 11) is 0. The number of amides is 1. The number of carbonyl (C=O) groups excluding carboxylic acids is 1. The fourth-order valence-electron chi connectivity index (χ4n) is 1.54. The van der Waals surface area contributed by atoms with Crippen LogP contribution in [-0.4, -0.2) is 59.9 Å². The predicted molar refractivity (Wildman–Crippen MR) is 70.8 cm³/mol. The van der Waals surface area contributed by atoms with Gasteiger partial charge in [-0.3, -0.25) is 4.79 Å². The molecular weight excluding hydrogens is 270 g/mol. The number of likely N-dealkylation sites (N-methyl/N-ethyl adjacent to an activating group) is 1. The summed E-state index contributed by atoms with van der Waals surface area (Å²) in [4.78, 5) is 24.7. The van der Waals surface area contributed by atoms with Gasteiger partial charge in [-0.15, -0.1) is 0 Å². The normalized spacial score (nSPS) is 10.4. The van der Waals surface area contributed by atoms with Gasteiger partial charge >= 0.3 is 5.97 Å². The van der Waals surface area contributed by atoms with Gasteiger partial charge in [0.05, 0.1) is 30.9 Å². The Morgan fingerprint density at radius 2 is 2.00 bits per heavy atom. The van der Waals surface area contributed by atoms with Crippen molar-refractivity contribution < 1.29 is 24.5 Å². The average molecular weight is 287 g/mol. The zero-order valence-electron chi connectivity index (χ0n) is 10.7. The molecule has 0 unspecified atom stereocenters. The lowest BCUT2D eigenvalue weighted by Gasteiger charge is -2.20. The first-order valence-electron chi connectivity index (χ1n) is 5.89. The molecule has 0 aliphatic heterocycles. The largest absolute Gasteiger partial charge is 0.478 e. The lowest BCUT2D eigenvalue weighted by molar-refractivity contribution is 0.0570. The van der Waals surface area contributed by atoms with Crippen molar-refractivity contribution in [2.45, 2.75) is 6.92 Å². The van der Waals surface area contributed by atoms with Gasteiger partial charge < -0.3 is 19.8 Å². The molecule has 1 heterocycles. The van der Waals surface area contributed by atoms with Crippen molar-refractivity contribution in [3.63, 3.8) is 0 Å². The third kappa shape index (κ3) is 4.30. The number of carboxylic acids is 1. The summed E-state index contributed by atoms with van der Waals surface area (Å²) in [6.07, 6.45) is 0. The van der Waals surface area contributed by atoms with Crippen LogP contribution in [0.5, 0.6) is 0 Å². The molecule has 0 saturated heterocycles. The van der Waals surface area contributed by atoms with E-state index in [4.69, 9.17) is 14.9 Å². The molecule has 0 fully saturated rings. The Balaban J connectivity index is 2.67. The molecule has 106 valence electrons. The number of nitrogens with zero attached hydrogens (tertiary/aromatic N) is 1. The van der Waals surface area contributed by atoms with Gasteiger partial charge in [-0.25, -0.2) is 4.79 Å². The zero-order chi connectivity index (χ0) is 14.3. The van der Waals surface area contributed by atoms with E-state index in [2.05, 4.69) is 0 Å². The minimum atomic E-state index is -1.10. The molecule has 0 bridgehead atoms. The fourth-order valence-corrected chi connectivity index (χ4v) is 2.34. The number of aliphatic hydroxyl groups excluding tert-OH is 1. The predicted octanol–water partition coefficient (Wildman–Crippen LogP) is 0.917. The van der Waals surface area contributed by atoms with E-state index in [-0.39, 0.29) is 30.2 Å². The summed E-state index contributed by atoms with van der Waals surface area (Å²) >= 11 is 1.19. The van der Waals surface area contributed by atoms with Crippen molar-refractivity contribution >= 4 is 23.2 Å². The summed E-state index contributed by atoms with van der Waals surface area (Å²) < 4.78 is 5.10. The standard InChI is InChI=1S/C12H17NO5S/c1-2-13(3-5-18-6-4-14)11(15)9-7-19-8-10(9)12(16)17/h7-8,14H,2-6H2,1H3,(H,16,17). The van der Waals surface area contributed by atoms with Gasteiger partial charge in [0.15, 0.2) is 0 Å². The van der Waals surface area contributed by atoms with Crippen LogP contribution in [0.15, 0.2) is 10.8 Å². The average Bonchev–Trinajstić information content (AvgIpc) is 2.87. The number of aromatic carboxylic acids is 1. The molecule has 1 rings (SSSR count). The molecule has 6 nitrogen and oxygen atoms in total. The molecule has 0 aromatic carbocycles. The van der Waals surface area contributed by atoms with Crippen LogP contribution in [0, 0.1) is 0 Å². The van der Waals surface area contributed by atoms with E-state index in [0.29, 0.717) is 19.7 Å². The SMILES string of the molecule is CCN(CCOCCO)C(=O)c1cscc1C(=O)O. The number of carbonyl (C=O) groups is 2. The maximum absolute atomic E-state index is 12.2. The summed E-state index contributed by atoms with van der Waals surface area (Å²) in [5, 5.41) is 20.6. The monoisotopic (exact) mass is 287 g/mol. The van der Waals surface area contributed by atoms with Gasteiger partial charge in [0, 0.05) is 23.8 Å². The molecule has 1 aromatic heterocycles. The van der Waals surface area contributed by atoms with E-state index in [0.717, 1.165) is 0 Å². The van der Waals surface area contributed by atoms with Crippen LogP contribution in [0.4, 0.5) is 0 Å². The summed E-state index contributed by atoms with van der Waals surface area (Å²) in [6.45, 7) is 3.13. The Morgan fingerprint density at radius 1 is 1.32 bits per heavy atom. The highest BCUT2D eigenvalue weighted by molar-refractivity contribution is 7.08. The van der Waals surface area contributed by atoms with Gasteiger partial charge in [0.1, 0.15) is 0 Å². The number of ether oxygens (including phenoxy) is 1. The second-order valence-corrected chi connectivity index (χ2v) is 4.47. The Morgan fingerprint density at radius 3 is 2.58 bits per heavy atom. The minimum Gasteiger partial charge on any atom is -0.478 e. The maximum atomic E-state index is 12.2. The molecule has 0 saturated carbocycles. The highest BCUT2D eigenvalue weighted by atomic mass is 32.1. The molecule has 0 aliphatic carbocycles. The smallest absolute Gasteiger partial charge is 0.337 e. The van der Waals surface area contributed by atoms with Gasteiger partial charge in [-0.05, 0) is 6.92 Å². The molecular formula is C12H17NO5S. The van der Waals surface area contributed by atoms with Crippen LogP contribution < -0.4 is 0 Å². The number of rotatable bonds is 8. The van der Waals surface area contributed by atoms with Crippen molar-refractivity contribution in [1.29, 1.82) is 0 Å². The molecule has 0 spiro atoms. The number of carboxylic acid groups (broad SMARTS) is 1. The minimum absolute atomic E-state index is 0.0322. The highest BCUT2D eigenvalue weighted by Gasteiger charge is 2.21. The molecule has 1 aromatic rings. The van der Waals surface area contributed by atoms with Gasteiger partial charge in [0.25, 0.3) is 5.91 Å². The van der Waals surface area contributed by atoms with Crippen molar-refractivity contribution in [1.82, 2.24) is 4.90 Å². The third-order valence-electron chi connectivity index (χ3n) is 2.53. The number of thiophene rings is 1. The van der Waals surface area contributed by atoms with E-state index in [1.54, 1.807) is 5.38 Å². The van der Waals surface area contributed by atoms with Crippen molar-refractivity contribution in [2.24, 2.45) is 0 Å². The topological polar surface area (TPSA) is 87.1 Å². The Bertz CT molecular complexity index is 432. The molecule has 0 radical (unpaired) electrons. The summed E-state index contributed by atoms with van der Waals surface area (Å²) in [5.41, 5.74) is 0.242. The summed E-state index contributed by atoms with van der Waals surface area (Å²) in [6, 6.07) is 0. The quantitative estimate of drug-likeness (QED) is 0.694. The van der Waals surface area contributed by atoms with Gasteiger partial charge in [0.2, 0.25) is 0 Å². The zero-order valence-corrected chi connectivity index (χ0v) is 11.5. The van der Waals surface area contributed by atoms with E-state index in [9.17, 15) is 9.59 Å². The maximum Gasteiger partial charge on any atom is 0.337 e. The van der Waals surface area contributed by atoms with Crippen LogP contribution in [-0.2, 0) is 4.74 Å². The van der Waals surface area contributed by atoms with E-state index < -0.39 is 5.97 Å². The van der Waals surface area contributed by atoms with Crippen LogP contribution in [0.3, 0.4) is 0 Å². The van der Waals surface area contributed by atoms with Gasteiger partial charge in [-0.1, -0.05) is 0 Å². The van der Waals surface area contributed by atoms with Crippen molar-refractivity contribution in [3.8, 4) is 0 Å². The molecule has 0 atom stereocenters. The lowest BCUT2D eigenvalue weighted by Crippen LogP contribution is -2.34. The third-order valence-corrected chi connectivity index (χ3v) is 3.28. The molecule has 0 aliphatic rings. The molecule has 2 N–H and O–H groups in total. The van der Waals surface area contributed by atoms with E-state index in [1.807, 2.05) is 6.92 Å². The van der Waals surface area contributed by atoms with Crippen LogP contribution in [0.25, 0.3) is 0 Å². The van der Waals surface area contributed by atoms with Crippen LogP contribution in [0.2, 0.25) is 0 Å². The highest BCUT2D eigenvalue weighted by Crippen LogP contribution is 2.17. The van der Waals surface area contributed by atoms with Crippen LogP contribution >= 0.6 is 11.3 Å². The van der Waals surface area contributed by atoms with E-state index >= 15 is 0 Å². The number of hydrogen-bond donors (Lipinski definition) is 2. The first-order chi connectivity index (χ1) is 9.11. The van der Waals surface area contributed by atoms with Crippen molar-refractivity contribution in [2.75, 3.05) is 32.9 Å². The van der Waals surface area contributed by atoms with Crippen LogP contribution in [0.1, 0.15) is 27.6 Å². The number of aliphatic hydroxyl groups is 1. The number of hydrogen-bond acceptors (Lipinski definition) is 5. The summed E-state index contributed by atoms with van der Waals surface area (Å²) in [5.74, 6) is -1.41. The first kappa shape index (κ1) is 15.6. The molecule has 1 amide bonds. The second-order valence-electron chi connectivity index (χ2n) is 3.73. The van der Waals surface area contributed by atoms with Gasteiger partial charge in [-0.2, -0.15) is 11.3 Å². The second kappa shape index (κ2) is 7.88. The van der Waals surface area contributed by atoms with E-state index in [1.165, 1.54) is 21.6 Å². The Kier molecular flexibility index (Phi) is 6.48. The lowest BCUT2D eigenvalue weighted by atomic mass is 10.2. The molecule has 19 heavy (non-hydrogen) atoms. The fraction of sp³-hybridized carbons (Fsp3) is 0.500. The molecule has 7 heteroatoms. The first-order valence-corrected chi connectivity index (χ1v) is 6.83. The Labute approximate surface area is 115 Å². The van der Waals surface area contributed by atoms with Crippen molar-refractivity contribution in [3.05, 3.63) is 21.9 Å². The Hall–Kier alpha value is -1.44.